The molecule has 1 saturated carbocycles. The minimum atomic E-state index is -1.06. The third-order valence-corrected chi connectivity index (χ3v) is 3.96. The molecule has 2 rings (SSSR count). The third-order valence-electron chi connectivity index (χ3n) is 3.63. The molecule has 0 saturated heterocycles. The number of rotatable bonds is 3. The zero-order valence-corrected chi connectivity index (χ0v) is 11.7. The Bertz CT molecular complexity index is 533. The van der Waals surface area contributed by atoms with Gasteiger partial charge in [-0.25, -0.2) is 4.79 Å². The molecule has 108 valence electrons. The van der Waals surface area contributed by atoms with Crippen LogP contribution in [0.2, 0.25) is 5.02 Å². The number of aromatic carboxylic acids is 1. The zero-order valence-electron chi connectivity index (χ0n) is 10.9. The first kappa shape index (κ1) is 14.8. The largest absolute Gasteiger partial charge is 0.478 e. The van der Waals surface area contributed by atoms with E-state index in [9.17, 15) is 9.59 Å². The van der Waals surface area contributed by atoms with E-state index in [0.717, 1.165) is 25.7 Å². The average Bonchev–Trinajstić information content (AvgIpc) is 2.41. The number of halogens is 1. The number of benzene rings is 1. The monoisotopic (exact) mass is 296 g/mol. The van der Waals surface area contributed by atoms with E-state index in [1.165, 1.54) is 18.2 Å². The molecule has 0 radical (unpaired) electrons. The van der Waals surface area contributed by atoms with E-state index in [1.54, 1.807) is 0 Å². The van der Waals surface area contributed by atoms with E-state index >= 15 is 0 Å². The summed E-state index contributed by atoms with van der Waals surface area (Å²) in [6.45, 7) is 0. The van der Waals surface area contributed by atoms with Crippen molar-refractivity contribution in [3.8, 4) is 0 Å². The van der Waals surface area contributed by atoms with Gasteiger partial charge in [0.1, 0.15) is 0 Å². The summed E-state index contributed by atoms with van der Waals surface area (Å²) in [5.41, 5.74) is 6.36. The van der Waals surface area contributed by atoms with E-state index in [4.69, 9.17) is 22.4 Å². The lowest BCUT2D eigenvalue weighted by Crippen LogP contribution is -2.40. The predicted octanol–water partition coefficient (Wildman–Crippen LogP) is 2.49. The third kappa shape index (κ3) is 3.29. The smallest absolute Gasteiger partial charge is 0.335 e. The van der Waals surface area contributed by atoms with Crippen LogP contribution < -0.4 is 11.1 Å². The Morgan fingerprint density at radius 3 is 2.65 bits per heavy atom. The zero-order chi connectivity index (χ0) is 14.7. The van der Waals surface area contributed by atoms with Crippen molar-refractivity contribution in [1.29, 1.82) is 0 Å². The number of hydrogen-bond donors (Lipinski definition) is 3. The number of carboxylic acid groups (broad SMARTS) is 1. The quantitative estimate of drug-likeness (QED) is 0.799. The number of amides is 1. The van der Waals surface area contributed by atoms with Crippen molar-refractivity contribution in [1.82, 2.24) is 0 Å². The normalized spacial score (nSPS) is 22.3. The molecule has 0 aromatic heterocycles. The number of hydrogen-bond acceptors (Lipinski definition) is 3. The summed E-state index contributed by atoms with van der Waals surface area (Å²) < 4.78 is 0. The molecule has 0 bridgehead atoms. The van der Waals surface area contributed by atoms with E-state index < -0.39 is 5.97 Å². The highest BCUT2D eigenvalue weighted by Gasteiger charge is 2.28. The lowest BCUT2D eigenvalue weighted by Gasteiger charge is -2.27. The molecule has 1 aromatic carbocycles. The Labute approximate surface area is 122 Å². The van der Waals surface area contributed by atoms with Crippen molar-refractivity contribution < 1.29 is 14.7 Å². The molecule has 1 fully saturated rings. The van der Waals surface area contributed by atoms with Crippen LogP contribution in [0.25, 0.3) is 0 Å². The molecule has 2 atom stereocenters. The maximum absolute atomic E-state index is 12.2. The molecule has 4 N–H and O–H groups in total. The van der Waals surface area contributed by atoms with Gasteiger partial charge >= 0.3 is 5.97 Å². The van der Waals surface area contributed by atoms with Gasteiger partial charge in [0.15, 0.2) is 0 Å². The Kier molecular flexibility index (Phi) is 4.62. The van der Waals surface area contributed by atoms with Gasteiger partial charge in [-0.2, -0.15) is 0 Å². The summed E-state index contributed by atoms with van der Waals surface area (Å²) in [4.78, 5) is 23.1. The van der Waals surface area contributed by atoms with Crippen LogP contribution in [0, 0.1) is 5.92 Å². The van der Waals surface area contributed by atoms with Gasteiger partial charge in [0.2, 0.25) is 5.91 Å². The van der Waals surface area contributed by atoms with Gasteiger partial charge in [0.05, 0.1) is 22.2 Å². The second kappa shape index (κ2) is 6.24. The number of nitrogens with one attached hydrogen (secondary N) is 1. The SMILES string of the molecule is NC1CCCCC1C(=O)Nc1cc(C(=O)O)ccc1Cl. The Morgan fingerprint density at radius 2 is 2.00 bits per heavy atom. The van der Waals surface area contributed by atoms with Gasteiger partial charge in [0.25, 0.3) is 0 Å². The molecule has 0 heterocycles. The summed E-state index contributed by atoms with van der Waals surface area (Å²) in [7, 11) is 0. The fourth-order valence-corrected chi connectivity index (χ4v) is 2.63. The lowest BCUT2D eigenvalue weighted by atomic mass is 9.84. The lowest BCUT2D eigenvalue weighted by molar-refractivity contribution is -0.121. The summed E-state index contributed by atoms with van der Waals surface area (Å²) in [6.07, 6.45) is 3.61. The minimum Gasteiger partial charge on any atom is -0.478 e. The number of carboxylic acids is 1. The van der Waals surface area contributed by atoms with Gasteiger partial charge in [-0.15, -0.1) is 0 Å². The fraction of sp³-hybridized carbons (Fsp3) is 0.429. The van der Waals surface area contributed by atoms with Crippen molar-refractivity contribution in [3.63, 3.8) is 0 Å². The van der Waals surface area contributed by atoms with Crippen molar-refractivity contribution in [2.75, 3.05) is 5.32 Å². The molecule has 1 amide bonds. The summed E-state index contributed by atoms with van der Waals surface area (Å²) in [5, 5.41) is 12.0. The van der Waals surface area contributed by atoms with Crippen LogP contribution in [0.5, 0.6) is 0 Å². The molecule has 6 heteroatoms. The second-order valence-corrected chi connectivity index (χ2v) is 5.45. The molecule has 20 heavy (non-hydrogen) atoms. The van der Waals surface area contributed by atoms with Crippen molar-refractivity contribution in [2.24, 2.45) is 11.7 Å². The van der Waals surface area contributed by atoms with Crippen LogP contribution in [-0.2, 0) is 4.79 Å². The standard InChI is InChI=1S/C14H17ClN2O3/c15-10-6-5-8(14(19)20)7-12(10)17-13(18)9-3-1-2-4-11(9)16/h5-7,9,11H,1-4,16H2,(H,17,18)(H,19,20). The van der Waals surface area contributed by atoms with Crippen molar-refractivity contribution in [2.45, 2.75) is 31.7 Å². The number of anilines is 1. The molecular formula is C14H17ClN2O3. The maximum Gasteiger partial charge on any atom is 0.335 e. The van der Waals surface area contributed by atoms with Gasteiger partial charge in [-0.3, -0.25) is 4.79 Å². The number of carbonyl (C=O) groups is 2. The van der Waals surface area contributed by atoms with Crippen LogP contribution in [0.4, 0.5) is 5.69 Å². The van der Waals surface area contributed by atoms with Crippen LogP contribution >= 0.6 is 11.6 Å². The van der Waals surface area contributed by atoms with E-state index in [0.29, 0.717) is 10.7 Å². The van der Waals surface area contributed by atoms with E-state index in [2.05, 4.69) is 5.32 Å². The number of carbonyl (C=O) groups excluding carboxylic acids is 1. The minimum absolute atomic E-state index is 0.0812. The maximum atomic E-state index is 12.2. The Morgan fingerprint density at radius 1 is 1.30 bits per heavy atom. The molecule has 5 nitrogen and oxygen atoms in total. The van der Waals surface area contributed by atoms with Gasteiger partial charge in [-0.1, -0.05) is 24.4 Å². The number of nitrogens with two attached hydrogens (primary N) is 1. The molecule has 2 unspecified atom stereocenters. The van der Waals surface area contributed by atoms with Gasteiger partial charge in [0, 0.05) is 6.04 Å². The Balaban J connectivity index is 2.14. The van der Waals surface area contributed by atoms with E-state index in [-0.39, 0.29) is 23.4 Å². The summed E-state index contributed by atoms with van der Waals surface area (Å²) >= 11 is 5.98. The first-order valence-electron chi connectivity index (χ1n) is 6.58. The van der Waals surface area contributed by atoms with Crippen molar-refractivity contribution in [3.05, 3.63) is 28.8 Å². The fourth-order valence-electron chi connectivity index (χ4n) is 2.46. The summed E-state index contributed by atoms with van der Waals surface area (Å²) in [6, 6.07) is 4.07. The molecule has 1 aromatic rings. The van der Waals surface area contributed by atoms with Crippen LogP contribution in [0.1, 0.15) is 36.0 Å². The van der Waals surface area contributed by atoms with Crippen LogP contribution in [0.15, 0.2) is 18.2 Å². The highest BCUT2D eigenvalue weighted by atomic mass is 35.5. The van der Waals surface area contributed by atoms with Gasteiger partial charge in [-0.05, 0) is 31.0 Å². The second-order valence-electron chi connectivity index (χ2n) is 5.04. The predicted molar refractivity (Wildman–Crippen MR) is 77.0 cm³/mol. The molecular weight excluding hydrogens is 280 g/mol. The molecule has 0 aliphatic heterocycles. The summed E-state index contributed by atoms with van der Waals surface area (Å²) in [5.74, 6) is -1.50. The van der Waals surface area contributed by atoms with Crippen molar-refractivity contribution >= 4 is 29.2 Å². The Hall–Kier alpha value is -1.59. The van der Waals surface area contributed by atoms with Gasteiger partial charge < -0.3 is 16.2 Å². The highest BCUT2D eigenvalue weighted by Crippen LogP contribution is 2.27. The topological polar surface area (TPSA) is 92.4 Å². The van der Waals surface area contributed by atoms with Crippen LogP contribution in [-0.4, -0.2) is 23.0 Å². The first-order chi connectivity index (χ1) is 9.49. The first-order valence-corrected chi connectivity index (χ1v) is 6.96. The molecule has 0 spiro atoms. The highest BCUT2D eigenvalue weighted by molar-refractivity contribution is 6.33. The average molecular weight is 297 g/mol. The molecule has 1 aliphatic carbocycles. The van der Waals surface area contributed by atoms with E-state index in [1.807, 2.05) is 0 Å². The molecule has 1 aliphatic rings. The van der Waals surface area contributed by atoms with Crippen LogP contribution in [0.3, 0.4) is 0 Å².